The summed E-state index contributed by atoms with van der Waals surface area (Å²) >= 11 is 0. The Morgan fingerprint density at radius 2 is 1.81 bits per heavy atom. The van der Waals surface area contributed by atoms with Crippen molar-refractivity contribution in [3.63, 3.8) is 0 Å². The third kappa shape index (κ3) is 3.26. The lowest BCUT2D eigenvalue weighted by molar-refractivity contribution is 0.355. The van der Waals surface area contributed by atoms with Crippen LogP contribution in [0.25, 0.3) is 0 Å². The molecule has 6 nitrogen and oxygen atoms in total. The lowest BCUT2D eigenvalue weighted by Gasteiger charge is -2.20. The number of hydrogen-bond acceptors (Lipinski definition) is 5. The Morgan fingerprint density at radius 3 is 2.56 bits per heavy atom. The molecule has 0 saturated carbocycles. The van der Waals surface area contributed by atoms with Crippen LogP contribution in [0, 0.1) is 0 Å². The van der Waals surface area contributed by atoms with Crippen LogP contribution in [0.3, 0.4) is 0 Å². The summed E-state index contributed by atoms with van der Waals surface area (Å²) in [6.07, 6.45) is 1.79. The first-order chi connectivity index (χ1) is 13.2. The average Bonchev–Trinajstić information content (AvgIpc) is 3.12. The Bertz CT molecular complexity index is 1010. The van der Waals surface area contributed by atoms with Crippen LogP contribution in [-0.4, -0.2) is 23.8 Å². The molecule has 0 saturated heterocycles. The molecule has 1 aromatic heterocycles. The second kappa shape index (κ2) is 7.15. The molecule has 1 unspecified atom stereocenters. The summed E-state index contributed by atoms with van der Waals surface area (Å²) in [5.74, 6) is 1.80. The van der Waals surface area contributed by atoms with E-state index in [-0.39, 0.29) is 11.6 Å². The maximum absolute atomic E-state index is 12.1. The summed E-state index contributed by atoms with van der Waals surface area (Å²) < 4.78 is 12.8. The minimum Gasteiger partial charge on any atom is -0.493 e. The number of methoxy groups -OCH3 is 2. The summed E-state index contributed by atoms with van der Waals surface area (Å²) in [7, 11) is 3.19. The van der Waals surface area contributed by atoms with Gasteiger partial charge in [-0.1, -0.05) is 30.3 Å². The summed E-state index contributed by atoms with van der Waals surface area (Å²) in [5, 5.41) is 3.29. The molecule has 1 N–H and O–H groups in total. The Hall–Kier alpha value is -3.28. The highest BCUT2D eigenvalue weighted by Crippen LogP contribution is 2.35. The van der Waals surface area contributed by atoms with E-state index in [4.69, 9.17) is 9.47 Å². The SMILES string of the molecule is COc1ccc(Nc2nc(=O)cc3n2C(c2ccccc2)CC3)cc1OC. The highest BCUT2D eigenvalue weighted by atomic mass is 16.5. The third-order valence-corrected chi connectivity index (χ3v) is 4.85. The molecule has 1 aliphatic rings. The second-order valence-corrected chi connectivity index (χ2v) is 6.44. The van der Waals surface area contributed by atoms with E-state index < -0.39 is 0 Å². The van der Waals surface area contributed by atoms with Gasteiger partial charge in [-0.05, 0) is 30.5 Å². The first kappa shape index (κ1) is 17.1. The Labute approximate surface area is 157 Å². The van der Waals surface area contributed by atoms with Gasteiger partial charge in [-0.3, -0.25) is 4.79 Å². The topological polar surface area (TPSA) is 65.4 Å². The van der Waals surface area contributed by atoms with Crippen LogP contribution in [0.1, 0.15) is 23.7 Å². The monoisotopic (exact) mass is 363 g/mol. The van der Waals surface area contributed by atoms with Crippen LogP contribution in [0.15, 0.2) is 59.4 Å². The first-order valence-electron chi connectivity index (χ1n) is 8.86. The maximum Gasteiger partial charge on any atom is 0.274 e. The highest BCUT2D eigenvalue weighted by molar-refractivity contribution is 5.60. The largest absolute Gasteiger partial charge is 0.493 e. The van der Waals surface area contributed by atoms with E-state index >= 15 is 0 Å². The van der Waals surface area contributed by atoms with Gasteiger partial charge in [-0.15, -0.1) is 0 Å². The van der Waals surface area contributed by atoms with E-state index in [9.17, 15) is 4.79 Å². The average molecular weight is 363 g/mol. The predicted molar refractivity (Wildman–Crippen MR) is 104 cm³/mol. The molecule has 27 heavy (non-hydrogen) atoms. The number of fused-ring (bicyclic) bond motifs is 1. The molecular formula is C21H21N3O3. The van der Waals surface area contributed by atoms with Gasteiger partial charge < -0.3 is 19.4 Å². The number of anilines is 2. The molecule has 1 aliphatic heterocycles. The van der Waals surface area contributed by atoms with Crippen LogP contribution < -0.4 is 20.3 Å². The fourth-order valence-corrected chi connectivity index (χ4v) is 3.61. The van der Waals surface area contributed by atoms with Crippen LogP contribution >= 0.6 is 0 Å². The van der Waals surface area contributed by atoms with Crippen molar-refractivity contribution >= 4 is 11.6 Å². The highest BCUT2D eigenvalue weighted by Gasteiger charge is 2.26. The van der Waals surface area contributed by atoms with Gasteiger partial charge in [0, 0.05) is 23.5 Å². The molecule has 4 rings (SSSR count). The van der Waals surface area contributed by atoms with Crippen LogP contribution in [0.5, 0.6) is 11.5 Å². The molecule has 0 amide bonds. The lowest BCUT2D eigenvalue weighted by Crippen LogP contribution is -2.19. The summed E-state index contributed by atoms with van der Waals surface area (Å²) in [4.78, 5) is 16.3. The molecule has 6 heteroatoms. The molecule has 0 aliphatic carbocycles. The zero-order chi connectivity index (χ0) is 18.8. The summed E-state index contributed by atoms with van der Waals surface area (Å²) in [6.45, 7) is 0. The minimum atomic E-state index is -0.238. The Kier molecular flexibility index (Phi) is 4.54. The van der Waals surface area contributed by atoms with Gasteiger partial charge in [0.2, 0.25) is 5.95 Å². The van der Waals surface area contributed by atoms with Gasteiger partial charge >= 0.3 is 0 Å². The van der Waals surface area contributed by atoms with Crippen molar-refractivity contribution in [1.29, 1.82) is 0 Å². The number of aromatic nitrogens is 2. The molecule has 0 spiro atoms. The van der Waals surface area contributed by atoms with E-state index in [0.717, 1.165) is 24.2 Å². The number of nitrogens with one attached hydrogen (secondary N) is 1. The molecular weight excluding hydrogens is 342 g/mol. The van der Waals surface area contributed by atoms with Crippen molar-refractivity contribution in [2.75, 3.05) is 19.5 Å². The summed E-state index contributed by atoms with van der Waals surface area (Å²) in [5.41, 5.74) is 2.74. The van der Waals surface area contributed by atoms with Crippen LogP contribution in [0.2, 0.25) is 0 Å². The van der Waals surface area contributed by atoms with Crippen molar-refractivity contribution in [1.82, 2.24) is 9.55 Å². The van der Waals surface area contributed by atoms with E-state index in [2.05, 4.69) is 27.0 Å². The molecule has 138 valence electrons. The number of benzene rings is 2. The fourth-order valence-electron chi connectivity index (χ4n) is 3.61. The quantitative estimate of drug-likeness (QED) is 0.751. The predicted octanol–water partition coefficient (Wildman–Crippen LogP) is 3.54. The number of aryl methyl sites for hydroxylation is 1. The van der Waals surface area contributed by atoms with Crippen molar-refractivity contribution in [2.45, 2.75) is 18.9 Å². The summed E-state index contributed by atoms with van der Waals surface area (Å²) in [6, 6.07) is 17.6. The number of nitrogens with zero attached hydrogens (tertiary/aromatic N) is 2. The van der Waals surface area contributed by atoms with Gasteiger partial charge in [0.15, 0.2) is 11.5 Å². The van der Waals surface area contributed by atoms with Gasteiger partial charge in [-0.25, -0.2) is 0 Å². The normalized spacial score (nSPS) is 15.3. The number of rotatable bonds is 5. The molecule has 2 heterocycles. The second-order valence-electron chi connectivity index (χ2n) is 6.44. The third-order valence-electron chi connectivity index (χ3n) is 4.85. The fraction of sp³-hybridized carbons (Fsp3) is 0.238. The van der Waals surface area contributed by atoms with Crippen molar-refractivity contribution < 1.29 is 9.47 Å². The van der Waals surface area contributed by atoms with Gasteiger partial charge in [0.05, 0.1) is 20.3 Å². The smallest absolute Gasteiger partial charge is 0.274 e. The van der Waals surface area contributed by atoms with E-state index in [0.29, 0.717) is 17.4 Å². The number of hydrogen-bond donors (Lipinski definition) is 1. The van der Waals surface area contributed by atoms with Crippen molar-refractivity contribution in [2.24, 2.45) is 0 Å². The molecule has 0 radical (unpaired) electrons. The van der Waals surface area contributed by atoms with Gasteiger partial charge in [0.25, 0.3) is 5.56 Å². The Balaban J connectivity index is 1.75. The number of ether oxygens (including phenoxy) is 2. The molecule has 2 aromatic carbocycles. The maximum atomic E-state index is 12.1. The van der Waals surface area contributed by atoms with E-state index in [1.54, 1.807) is 20.3 Å². The van der Waals surface area contributed by atoms with Crippen LogP contribution in [0.4, 0.5) is 11.6 Å². The van der Waals surface area contributed by atoms with E-state index in [1.165, 1.54) is 5.56 Å². The minimum absolute atomic E-state index is 0.150. The Morgan fingerprint density at radius 1 is 1.04 bits per heavy atom. The van der Waals surface area contributed by atoms with Crippen molar-refractivity contribution in [3.8, 4) is 11.5 Å². The molecule has 0 fully saturated rings. The standard InChI is InChI=1S/C21H21N3O3/c1-26-18-11-8-15(12-19(18)27-2)22-21-23-20(25)13-16-9-10-17(24(16)21)14-6-4-3-5-7-14/h3-8,11-13,17H,9-10H2,1-2H3,(H,22,23,25). The van der Waals surface area contributed by atoms with Gasteiger partial charge in [0.1, 0.15) is 0 Å². The van der Waals surface area contributed by atoms with Crippen molar-refractivity contribution in [3.05, 3.63) is 76.2 Å². The van der Waals surface area contributed by atoms with Crippen LogP contribution in [-0.2, 0) is 6.42 Å². The van der Waals surface area contributed by atoms with Gasteiger partial charge in [-0.2, -0.15) is 4.98 Å². The zero-order valence-electron chi connectivity index (χ0n) is 15.3. The first-order valence-corrected chi connectivity index (χ1v) is 8.86. The lowest BCUT2D eigenvalue weighted by atomic mass is 10.1. The zero-order valence-corrected chi connectivity index (χ0v) is 15.3. The molecule has 0 bridgehead atoms. The molecule has 3 aromatic rings. The molecule has 1 atom stereocenters. The van der Waals surface area contributed by atoms with E-state index in [1.807, 2.05) is 36.4 Å².